The van der Waals surface area contributed by atoms with Crippen LogP contribution in [0.4, 0.5) is 0 Å². The maximum absolute atomic E-state index is 11.7. The second-order valence-corrected chi connectivity index (χ2v) is 7.80. The number of hydrogen-bond donors (Lipinski definition) is 0. The molecule has 0 aliphatic heterocycles. The fourth-order valence-electron chi connectivity index (χ4n) is 3.40. The molecule has 3 aromatic rings. The van der Waals surface area contributed by atoms with Gasteiger partial charge in [0.15, 0.2) is 0 Å². The lowest BCUT2D eigenvalue weighted by Gasteiger charge is -2.16. The highest BCUT2D eigenvalue weighted by atomic mass is 16.5. The zero-order valence-electron chi connectivity index (χ0n) is 17.9. The molecule has 0 radical (unpaired) electrons. The smallest absolute Gasteiger partial charge is 0.213 e. The van der Waals surface area contributed by atoms with Crippen LogP contribution in [0.5, 0.6) is 17.4 Å². The predicted octanol–water partition coefficient (Wildman–Crippen LogP) is 6.36. The summed E-state index contributed by atoms with van der Waals surface area (Å²) in [4.78, 5) is 16.0. The first-order valence-electron chi connectivity index (χ1n) is 10.4. The average Bonchev–Trinajstić information content (AvgIpc) is 2.73. The van der Waals surface area contributed by atoms with Crippen molar-refractivity contribution in [1.82, 2.24) is 4.98 Å². The molecule has 1 atom stereocenters. The van der Waals surface area contributed by atoms with Gasteiger partial charge in [-0.2, -0.15) is 0 Å². The number of benzene rings is 2. The number of ether oxygens (including phenoxy) is 2. The molecule has 156 valence electrons. The van der Waals surface area contributed by atoms with E-state index in [2.05, 4.69) is 29.2 Å². The first-order valence-corrected chi connectivity index (χ1v) is 10.4. The van der Waals surface area contributed by atoms with Gasteiger partial charge in [-0.25, -0.2) is 4.98 Å². The second-order valence-electron chi connectivity index (χ2n) is 7.80. The number of aryl methyl sites for hydroxylation is 1. The van der Waals surface area contributed by atoms with E-state index in [1.54, 1.807) is 13.1 Å². The van der Waals surface area contributed by atoms with Crippen molar-refractivity contribution in [2.45, 2.75) is 52.1 Å². The summed E-state index contributed by atoms with van der Waals surface area (Å²) < 4.78 is 11.4. The van der Waals surface area contributed by atoms with Crippen LogP contribution in [0, 0.1) is 0 Å². The van der Waals surface area contributed by atoms with Gasteiger partial charge in [-0.1, -0.05) is 42.5 Å². The van der Waals surface area contributed by atoms with Crippen LogP contribution in [0.15, 0.2) is 72.9 Å². The Labute approximate surface area is 178 Å². The highest BCUT2D eigenvalue weighted by molar-refractivity contribution is 5.76. The number of nitrogens with zero attached hydrogens (tertiary/aromatic N) is 1. The molecule has 0 unspecified atom stereocenters. The van der Waals surface area contributed by atoms with Gasteiger partial charge in [-0.15, -0.1) is 0 Å². The zero-order chi connectivity index (χ0) is 21.3. The maximum Gasteiger partial charge on any atom is 0.213 e. The molecule has 1 heterocycles. The van der Waals surface area contributed by atoms with Crippen molar-refractivity contribution in [3.05, 3.63) is 84.1 Å². The Hall–Kier alpha value is -3.14. The van der Waals surface area contributed by atoms with Crippen LogP contribution in [-0.4, -0.2) is 16.9 Å². The van der Waals surface area contributed by atoms with Gasteiger partial charge >= 0.3 is 0 Å². The quantitative estimate of drug-likeness (QED) is 0.395. The van der Waals surface area contributed by atoms with Crippen molar-refractivity contribution in [1.29, 1.82) is 0 Å². The van der Waals surface area contributed by atoms with Gasteiger partial charge in [0.1, 0.15) is 17.3 Å². The van der Waals surface area contributed by atoms with Crippen LogP contribution in [0.25, 0.3) is 0 Å². The van der Waals surface area contributed by atoms with Crippen molar-refractivity contribution in [2.75, 3.05) is 0 Å². The van der Waals surface area contributed by atoms with Gasteiger partial charge in [0.05, 0.1) is 12.3 Å². The molecule has 30 heavy (non-hydrogen) atoms. The monoisotopic (exact) mass is 403 g/mol. The third-order valence-electron chi connectivity index (χ3n) is 4.81. The summed E-state index contributed by atoms with van der Waals surface area (Å²) in [6, 6.07) is 22.0. The van der Waals surface area contributed by atoms with E-state index >= 15 is 0 Å². The van der Waals surface area contributed by atoms with E-state index < -0.39 is 0 Å². The molecule has 0 aliphatic carbocycles. The lowest BCUT2D eigenvalue weighted by Crippen LogP contribution is -2.06. The summed E-state index contributed by atoms with van der Waals surface area (Å²) in [5, 5.41) is 0. The second kappa shape index (κ2) is 10.6. The molecule has 0 amide bonds. The first-order chi connectivity index (χ1) is 14.5. The summed E-state index contributed by atoms with van der Waals surface area (Å²) >= 11 is 0. The molecule has 3 rings (SSSR count). The Balaban J connectivity index is 1.57. The Morgan fingerprint density at radius 1 is 0.933 bits per heavy atom. The minimum atomic E-state index is 0.0914. The molecule has 0 saturated carbocycles. The maximum atomic E-state index is 11.7. The molecule has 2 aromatic carbocycles. The third-order valence-corrected chi connectivity index (χ3v) is 4.81. The number of aromatic nitrogens is 1. The van der Waals surface area contributed by atoms with Gasteiger partial charge in [0.2, 0.25) is 5.88 Å². The van der Waals surface area contributed by atoms with Crippen LogP contribution >= 0.6 is 0 Å². The SMILES string of the molecule is CC(=O)C[C@@H](CCc1ccc(Oc2ccc(OC(C)C)nc2)cc1)c1ccccc1. The Bertz CT molecular complexity index is 919. The van der Waals surface area contributed by atoms with Crippen molar-refractivity contribution >= 4 is 5.78 Å². The average molecular weight is 404 g/mol. The molecule has 0 spiro atoms. The largest absolute Gasteiger partial charge is 0.475 e. The molecule has 0 aliphatic rings. The van der Waals surface area contributed by atoms with Gasteiger partial charge in [0, 0.05) is 12.5 Å². The molecule has 0 fully saturated rings. The molecule has 1 aromatic heterocycles. The lowest BCUT2D eigenvalue weighted by molar-refractivity contribution is -0.117. The number of rotatable bonds is 10. The zero-order valence-corrected chi connectivity index (χ0v) is 17.9. The van der Waals surface area contributed by atoms with Crippen LogP contribution in [0.2, 0.25) is 0 Å². The Morgan fingerprint density at radius 3 is 2.23 bits per heavy atom. The summed E-state index contributed by atoms with van der Waals surface area (Å²) in [7, 11) is 0. The van der Waals surface area contributed by atoms with Crippen molar-refractivity contribution in [3.8, 4) is 17.4 Å². The van der Waals surface area contributed by atoms with Crippen LogP contribution in [0.1, 0.15) is 50.7 Å². The van der Waals surface area contributed by atoms with Gasteiger partial charge in [0.25, 0.3) is 0 Å². The molecule has 4 heteroatoms. The number of carbonyl (C=O) groups is 1. The lowest BCUT2D eigenvalue weighted by atomic mass is 9.88. The molecule has 0 bridgehead atoms. The van der Waals surface area contributed by atoms with Gasteiger partial charge < -0.3 is 14.3 Å². The topological polar surface area (TPSA) is 48.4 Å². The van der Waals surface area contributed by atoms with Crippen molar-refractivity contribution < 1.29 is 14.3 Å². The highest BCUT2D eigenvalue weighted by Crippen LogP contribution is 2.27. The van der Waals surface area contributed by atoms with Crippen LogP contribution in [0.3, 0.4) is 0 Å². The number of carbonyl (C=O) groups excluding carboxylic acids is 1. The van der Waals surface area contributed by atoms with E-state index in [1.807, 2.05) is 56.3 Å². The molecular weight excluding hydrogens is 374 g/mol. The minimum absolute atomic E-state index is 0.0914. The summed E-state index contributed by atoms with van der Waals surface area (Å²) in [6.07, 6.45) is 4.18. The fraction of sp³-hybridized carbons (Fsp3) is 0.308. The van der Waals surface area contributed by atoms with E-state index in [1.165, 1.54) is 11.1 Å². The van der Waals surface area contributed by atoms with Crippen molar-refractivity contribution in [2.24, 2.45) is 0 Å². The first kappa shape index (κ1) is 21.6. The van der Waals surface area contributed by atoms with Crippen LogP contribution in [-0.2, 0) is 11.2 Å². The van der Waals surface area contributed by atoms with Gasteiger partial charge in [-0.3, -0.25) is 0 Å². The normalized spacial score (nSPS) is 11.9. The van der Waals surface area contributed by atoms with Crippen molar-refractivity contribution in [3.63, 3.8) is 0 Å². The van der Waals surface area contributed by atoms with Crippen LogP contribution < -0.4 is 9.47 Å². The molecular formula is C26H29NO3. The van der Waals surface area contributed by atoms with Gasteiger partial charge in [-0.05, 0) is 68.9 Å². The third kappa shape index (κ3) is 6.73. The Kier molecular flexibility index (Phi) is 7.61. The highest BCUT2D eigenvalue weighted by Gasteiger charge is 2.14. The fourth-order valence-corrected chi connectivity index (χ4v) is 3.40. The number of pyridine rings is 1. The molecule has 0 saturated heterocycles. The van der Waals surface area contributed by atoms with E-state index in [0.29, 0.717) is 18.1 Å². The number of ketones is 1. The Morgan fingerprint density at radius 2 is 1.63 bits per heavy atom. The standard InChI is InChI=1S/C26H29NO3/c1-19(2)29-26-16-15-25(18-27-26)30-24-13-10-21(11-14-24)9-12-23(17-20(3)28)22-7-5-4-6-8-22/h4-8,10-11,13-16,18-19,23H,9,12,17H2,1-3H3/t23-/m1/s1. The number of Topliss-reactive ketones (excluding diaryl/α,β-unsaturated/α-hetero) is 1. The van der Waals surface area contributed by atoms with E-state index in [9.17, 15) is 4.79 Å². The number of hydrogen-bond acceptors (Lipinski definition) is 4. The summed E-state index contributed by atoms with van der Waals surface area (Å²) in [5.74, 6) is 2.50. The predicted molar refractivity (Wildman–Crippen MR) is 119 cm³/mol. The summed E-state index contributed by atoms with van der Waals surface area (Å²) in [6.45, 7) is 5.60. The minimum Gasteiger partial charge on any atom is -0.475 e. The van der Waals surface area contributed by atoms with E-state index in [0.717, 1.165) is 18.6 Å². The molecule has 4 nitrogen and oxygen atoms in total. The summed E-state index contributed by atoms with van der Waals surface area (Å²) in [5.41, 5.74) is 2.45. The van der Waals surface area contributed by atoms with E-state index in [4.69, 9.17) is 9.47 Å². The molecule has 0 N–H and O–H groups in total. The van der Waals surface area contributed by atoms with E-state index in [-0.39, 0.29) is 17.8 Å².